The molecule has 0 aliphatic heterocycles. The van der Waals surface area contributed by atoms with Crippen LogP contribution in [-0.4, -0.2) is 37.4 Å². The molecule has 0 spiro atoms. The highest BCUT2D eigenvalue weighted by atomic mass is 79.9. The van der Waals surface area contributed by atoms with Gasteiger partial charge < -0.3 is 5.73 Å². The van der Waals surface area contributed by atoms with E-state index in [0.717, 1.165) is 16.5 Å². The van der Waals surface area contributed by atoms with Gasteiger partial charge in [-0.1, -0.05) is 46.6 Å². The molecule has 3 rings (SSSR count). The lowest BCUT2D eigenvalue weighted by Crippen LogP contribution is -2.20. The van der Waals surface area contributed by atoms with E-state index in [4.69, 9.17) is 5.73 Å². The molecule has 10 nitrogen and oxygen atoms in total. The van der Waals surface area contributed by atoms with Crippen LogP contribution in [0, 0.1) is 0 Å². The molecule has 0 aliphatic rings. The topological polar surface area (TPSA) is 137 Å². The van der Waals surface area contributed by atoms with Crippen LogP contribution < -0.4 is 11.2 Å². The second-order valence-electron chi connectivity index (χ2n) is 5.27. The minimum atomic E-state index is -0.483. The molecule has 0 atom stereocenters. The van der Waals surface area contributed by atoms with Gasteiger partial charge in [0.2, 0.25) is 11.6 Å². The number of nitrogens with two attached hydrogens (primary N) is 1. The van der Waals surface area contributed by atoms with Crippen LogP contribution in [0.4, 0.5) is 5.82 Å². The highest BCUT2D eigenvalue weighted by Crippen LogP contribution is 2.17. The molecule has 2 aromatic heterocycles. The van der Waals surface area contributed by atoms with Crippen LogP contribution in [0.25, 0.3) is 5.82 Å². The Hall–Kier alpha value is -3.08. The number of carbonyl (C=O) groups excluding carboxylic acids is 1. The molecule has 134 valence electrons. The summed E-state index contributed by atoms with van der Waals surface area (Å²) in [5, 5.41) is 19.0. The molecular weight excluding hydrogens is 404 g/mol. The number of halogens is 1. The fourth-order valence-electron chi connectivity index (χ4n) is 2.21. The summed E-state index contributed by atoms with van der Waals surface area (Å²) in [5.74, 6) is -0.228. The maximum Gasteiger partial charge on any atom is 0.293 e. The molecule has 2 heterocycles. The van der Waals surface area contributed by atoms with Crippen LogP contribution in [0.15, 0.2) is 38.5 Å². The Morgan fingerprint density at radius 2 is 2.15 bits per heavy atom. The zero-order valence-electron chi connectivity index (χ0n) is 13.8. The predicted molar refractivity (Wildman–Crippen MR) is 96.8 cm³/mol. The number of hydrogen-bond acceptors (Lipinski definition) is 8. The molecule has 0 saturated heterocycles. The molecule has 0 unspecified atom stereocenters. The third-order valence-corrected chi connectivity index (χ3v) is 3.94. The van der Waals surface area contributed by atoms with Crippen molar-refractivity contribution in [1.29, 1.82) is 0 Å². The molecule has 1 aromatic carbocycles. The van der Waals surface area contributed by atoms with Gasteiger partial charge in [0.05, 0.1) is 11.9 Å². The lowest BCUT2D eigenvalue weighted by molar-refractivity contribution is 0.0949. The average Bonchev–Trinajstić information content (AvgIpc) is 3.23. The van der Waals surface area contributed by atoms with E-state index in [1.165, 1.54) is 10.9 Å². The Bertz CT molecular complexity index is 932. The summed E-state index contributed by atoms with van der Waals surface area (Å²) in [7, 11) is 0. The van der Waals surface area contributed by atoms with Crippen molar-refractivity contribution in [2.24, 2.45) is 5.10 Å². The van der Waals surface area contributed by atoms with Gasteiger partial charge in [0.25, 0.3) is 5.91 Å². The lowest BCUT2D eigenvalue weighted by Gasteiger charge is -2.03. The quantitative estimate of drug-likeness (QED) is 0.458. The summed E-state index contributed by atoms with van der Waals surface area (Å²) in [4.78, 5) is 12.4. The Labute approximate surface area is 156 Å². The largest absolute Gasteiger partial charge is 0.378 e. The molecule has 1 amide bonds. The Morgan fingerprint density at radius 1 is 1.38 bits per heavy atom. The molecule has 0 saturated carbocycles. The lowest BCUT2D eigenvalue weighted by atomic mass is 10.2. The monoisotopic (exact) mass is 418 g/mol. The molecule has 3 aromatic rings. The van der Waals surface area contributed by atoms with Gasteiger partial charge in [0.1, 0.15) is 0 Å². The smallest absolute Gasteiger partial charge is 0.293 e. The Morgan fingerprint density at radius 3 is 2.81 bits per heavy atom. The van der Waals surface area contributed by atoms with Crippen molar-refractivity contribution in [3.05, 3.63) is 45.7 Å². The van der Waals surface area contributed by atoms with E-state index < -0.39 is 5.91 Å². The van der Waals surface area contributed by atoms with Crippen LogP contribution in [-0.2, 0) is 6.42 Å². The van der Waals surface area contributed by atoms with Gasteiger partial charge in [0.15, 0.2) is 5.69 Å². The van der Waals surface area contributed by atoms with Gasteiger partial charge in [0, 0.05) is 4.47 Å². The molecular formula is C15H15BrN8O2. The van der Waals surface area contributed by atoms with Crippen molar-refractivity contribution >= 4 is 33.9 Å². The number of aromatic nitrogens is 5. The van der Waals surface area contributed by atoms with Gasteiger partial charge in [-0.05, 0) is 34.4 Å². The number of hydrazone groups is 1. The van der Waals surface area contributed by atoms with Gasteiger partial charge in [-0.15, -0.1) is 5.10 Å². The number of nitrogens with one attached hydrogen (secondary N) is 1. The third-order valence-electron chi connectivity index (χ3n) is 3.41. The van der Waals surface area contributed by atoms with Crippen LogP contribution >= 0.6 is 15.9 Å². The van der Waals surface area contributed by atoms with E-state index in [-0.39, 0.29) is 17.3 Å². The molecule has 0 aliphatic carbocycles. The van der Waals surface area contributed by atoms with Crippen molar-refractivity contribution in [1.82, 2.24) is 30.7 Å². The number of nitrogens with zero attached hydrogens (tertiary/aromatic N) is 6. The number of rotatable bonds is 6. The molecule has 26 heavy (non-hydrogen) atoms. The first-order valence-corrected chi connectivity index (χ1v) is 8.51. The highest BCUT2D eigenvalue weighted by Gasteiger charge is 2.23. The van der Waals surface area contributed by atoms with E-state index in [2.05, 4.69) is 51.7 Å². The zero-order valence-corrected chi connectivity index (χ0v) is 15.3. The average molecular weight is 419 g/mol. The zero-order chi connectivity index (χ0) is 18.5. The van der Waals surface area contributed by atoms with E-state index in [1.54, 1.807) is 0 Å². The van der Waals surface area contributed by atoms with Gasteiger partial charge in [-0.25, -0.2) is 10.1 Å². The first-order valence-electron chi connectivity index (χ1n) is 7.72. The summed E-state index contributed by atoms with van der Waals surface area (Å²) in [6, 6.07) is 7.48. The molecule has 11 heteroatoms. The van der Waals surface area contributed by atoms with E-state index >= 15 is 0 Å². The van der Waals surface area contributed by atoms with Crippen molar-refractivity contribution in [2.75, 3.05) is 5.73 Å². The van der Waals surface area contributed by atoms with Gasteiger partial charge >= 0.3 is 0 Å². The normalized spacial score (nSPS) is 11.2. The minimum absolute atomic E-state index is 0.0625. The fourth-order valence-corrected chi connectivity index (χ4v) is 2.48. The summed E-state index contributed by atoms with van der Waals surface area (Å²) >= 11 is 3.36. The first kappa shape index (κ1) is 17.7. The van der Waals surface area contributed by atoms with Gasteiger partial charge in [-0.3, -0.25) is 4.79 Å². The SMILES string of the molecule is CCCc1c(C(=O)N/N=C/c2ccc(Br)cc2)nnn1-c1nonc1N. The maximum atomic E-state index is 12.4. The molecule has 0 bridgehead atoms. The van der Waals surface area contributed by atoms with Crippen LogP contribution in [0.2, 0.25) is 0 Å². The number of amides is 1. The Balaban J connectivity index is 1.79. The number of anilines is 1. The second kappa shape index (κ2) is 7.87. The third kappa shape index (κ3) is 3.77. The number of hydrogen-bond donors (Lipinski definition) is 2. The summed E-state index contributed by atoms with van der Waals surface area (Å²) in [6.07, 6.45) is 2.84. The molecule has 3 N–H and O–H groups in total. The molecule has 0 fully saturated rings. The van der Waals surface area contributed by atoms with E-state index in [1.807, 2.05) is 31.2 Å². The first-order chi connectivity index (χ1) is 12.6. The number of benzene rings is 1. The highest BCUT2D eigenvalue weighted by molar-refractivity contribution is 9.10. The van der Waals surface area contributed by atoms with Crippen LogP contribution in [0.5, 0.6) is 0 Å². The maximum absolute atomic E-state index is 12.4. The van der Waals surface area contributed by atoms with Crippen molar-refractivity contribution in [3.63, 3.8) is 0 Å². The van der Waals surface area contributed by atoms with Crippen LogP contribution in [0.3, 0.4) is 0 Å². The van der Waals surface area contributed by atoms with Gasteiger partial charge in [-0.2, -0.15) is 9.78 Å². The van der Waals surface area contributed by atoms with Crippen molar-refractivity contribution < 1.29 is 9.42 Å². The second-order valence-corrected chi connectivity index (χ2v) is 6.19. The Kier molecular flexibility index (Phi) is 5.37. The summed E-state index contributed by atoms with van der Waals surface area (Å²) < 4.78 is 6.89. The standard InChI is InChI=1S/C15H15BrN8O2/c1-2-3-11-12(19-23-24(11)14-13(17)21-26-22-14)15(25)20-18-8-9-4-6-10(16)7-5-9/h4-8H,2-3H2,1H3,(H2,17,21)(H,20,25)/b18-8+. The van der Waals surface area contributed by atoms with Crippen LogP contribution in [0.1, 0.15) is 35.1 Å². The fraction of sp³-hybridized carbons (Fsp3) is 0.200. The predicted octanol–water partition coefficient (Wildman–Crippen LogP) is 1.71. The number of nitrogen functional groups attached to an aromatic ring is 1. The minimum Gasteiger partial charge on any atom is -0.378 e. The number of carbonyl (C=O) groups is 1. The van der Waals surface area contributed by atoms with E-state index in [0.29, 0.717) is 12.1 Å². The summed E-state index contributed by atoms with van der Waals surface area (Å²) in [5.41, 5.74) is 9.67. The summed E-state index contributed by atoms with van der Waals surface area (Å²) in [6.45, 7) is 1.97. The van der Waals surface area contributed by atoms with E-state index in [9.17, 15) is 4.79 Å². The van der Waals surface area contributed by atoms with Crippen molar-refractivity contribution in [2.45, 2.75) is 19.8 Å². The van der Waals surface area contributed by atoms with Crippen molar-refractivity contribution in [3.8, 4) is 5.82 Å². The molecule has 0 radical (unpaired) electrons.